The molecule has 0 unspecified atom stereocenters. The van der Waals surface area contributed by atoms with E-state index in [1.807, 2.05) is 26.0 Å². The molecule has 0 saturated heterocycles. The van der Waals surface area contributed by atoms with Crippen LogP contribution in [0.2, 0.25) is 0 Å². The number of hydrogen-bond acceptors (Lipinski definition) is 3. The smallest absolute Gasteiger partial charge is 0.313 e. The molecule has 0 bridgehead atoms. The van der Waals surface area contributed by atoms with Gasteiger partial charge in [-0.05, 0) is 44.9 Å². The van der Waals surface area contributed by atoms with Crippen LogP contribution in [0.1, 0.15) is 25.0 Å². The molecule has 0 radical (unpaired) electrons. The van der Waals surface area contributed by atoms with E-state index >= 15 is 0 Å². The first-order valence-corrected chi connectivity index (χ1v) is 6.07. The minimum absolute atomic E-state index is 0.241. The van der Waals surface area contributed by atoms with Crippen LogP contribution >= 0.6 is 0 Å². The summed E-state index contributed by atoms with van der Waals surface area (Å²) in [5.74, 6) is -1.50. The van der Waals surface area contributed by atoms with Crippen LogP contribution in [0, 0.1) is 13.8 Å². The van der Waals surface area contributed by atoms with Crippen molar-refractivity contribution in [3.8, 4) is 0 Å². The summed E-state index contributed by atoms with van der Waals surface area (Å²) in [6, 6.07) is 5.61. The Kier molecular flexibility index (Phi) is 4.67. The predicted molar refractivity (Wildman–Crippen MR) is 73.9 cm³/mol. The average Bonchev–Trinajstić information content (AvgIpc) is 2.33. The maximum atomic E-state index is 11.8. The van der Waals surface area contributed by atoms with Gasteiger partial charge in [0.25, 0.3) is 0 Å². The molecule has 1 rings (SSSR count). The summed E-state index contributed by atoms with van der Waals surface area (Å²) >= 11 is 0. The first kappa shape index (κ1) is 15.2. The summed E-state index contributed by atoms with van der Waals surface area (Å²) in [6.07, 6.45) is 0. The highest BCUT2D eigenvalue weighted by atomic mass is 16.3. The Hall–Kier alpha value is -1.88. The quantitative estimate of drug-likeness (QED) is 0.716. The van der Waals surface area contributed by atoms with E-state index in [1.165, 1.54) is 0 Å². The van der Waals surface area contributed by atoms with E-state index in [-0.39, 0.29) is 6.61 Å². The topological polar surface area (TPSA) is 78.4 Å². The lowest BCUT2D eigenvalue weighted by atomic mass is 10.1. The van der Waals surface area contributed by atoms with Crippen LogP contribution in [-0.2, 0) is 9.59 Å². The summed E-state index contributed by atoms with van der Waals surface area (Å²) in [5.41, 5.74) is 1.67. The van der Waals surface area contributed by atoms with Gasteiger partial charge in [-0.15, -0.1) is 0 Å². The van der Waals surface area contributed by atoms with Gasteiger partial charge >= 0.3 is 11.8 Å². The molecular formula is C14H20N2O3. The van der Waals surface area contributed by atoms with E-state index in [4.69, 9.17) is 5.11 Å². The average molecular weight is 264 g/mol. The van der Waals surface area contributed by atoms with Gasteiger partial charge in [-0.1, -0.05) is 12.1 Å². The summed E-state index contributed by atoms with van der Waals surface area (Å²) in [7, 11) is 0. The number of carbonyl (C=O) groups is 2. The summed E-state index contributed by atoms with van der Waals surface area (Å²) in [6.45, 7) is 6.79. The Morgan fingerprint density at radius 3 is 2.42 bits per heavy atom. The maximum Gasteiger partial charge on any atom is 0.313 e. The van der Waals surface area contributed by atoms with Crippen LogP contribution in [0.25, 0.3) is 0 Å². The fourth-order valence-electron chi connectivity index (χ4n) is 1.45. The normalized spacial score (nSPS) is 11.0. The summed E-state index contributed by atoms with van der Waals surface area (Å²) in [4.78, 5) is 23.4. The lowest BCUT2D eigenvalue weighted by Gasteiger charge is -2.23. The van der Waals surface area contributed by atoms with Crippen LogP contribution in [0.15, 0.2) is 18.2 Å². The molecule has 19 heavy (non-hydrogen) atoms. The third kappa shape index (κ3) is 4.37. The van der Waals surface area contributed by atoms with Crippen molar-refractivity contribution in [1.82, 2.24) is 5.32 Å². The lowest BCUT2D eigenvalue weighted by molar-refractivity contribution is -0.137. The molecule has 104 valence electrons. The van der Waals surface area contributed by atoms with Crippen molar-refractivity contribution < 1.29 is 14.7 Å². The number of rotatable bonds is 3. The highest BCUT2D eigenvalue weighted by Gasteiger charge is 2.23. The molecule has 0 aliphatic heterocycles. The van der Waals surface area contributed by atoms with Gasteiger partial charge in [-0.2, -0.15) is 0 Å². The number of aliphatic hydroxyl groups is 1. The zero-order valence-corrected chi connectivity index (χ0v) is 11.7. The molecule has 1 aromatic rings. The molecule has 0 spiro atoms. The van der Waals surface area contributed by atoms with Crippen LogP contribution in [0.3, 0.4) is 0 Å². The highest BCUT2D eigenvalue weighted by molar-refractivity contribution is 6.39. The first-order chi connectivity index (χ1) is 8.75. The standard InChI is InChI=1S/C14H20N2O3/c1-9-5-6-10(2)11(7-9)15-12(18)13(19)16-14(3,4)8-17/h5-7,17H,8H2,1-4H3,(H,15,18)(H,16,19). The van der Waals surface area contributed by atoms with Crippen molar-refractivity contribution in [2.75, 3.05) is 11.9 Å². The largest absolute Gasteiger partial charge is 0.394 e. The number of aryl methyl sites for hydroxylation is 2. The molecule has 0 aromatic heterocycles. The molecule has 0 fully saturated rings. The Bertz CT molecular complexity index is 495. The van der Waals surface area contributed by atoms with E-state index < -0.39 is 17.4 Å². The van der Waals surface area contributed by atoms with Gasteiger partial charge < -0.3 is 15.7 Å². The first-order valence-electron chi connectivity index (χ1n) is 6.07. The van der Waals surface area contributed by atoms with Crippen molar-refractivity contribution in [3.05, 3.63) is 29.3 Å². The Balaban J connectivity index is 2.74. The monoisotopic (exact) mass is 264 g/mol. The third-order valence-electron chi connectivity index (χ3n) is 2.69. The van der Waals surface area contributed by atoms with E-state index in [1.54, 1.807) is 19.9 Å². The molecule has 5 nitrogen and oxygen atoms in total. The Labute approximate surface area is 113 Å². The number of carbonyl (C=O) groups excluding carboxylic acids is 2. The van der Waals surface area contributed by atoms with Gasteiger partial charge in [0.15, 0.2) is 0 Å². The third-order valence-corrected chi connectivity index (χ3v) is 2.69. The van der Waals surface area contributed by atoms with Crippen LogP contribution in [-0.4, -0.2) is 29.1 Å². The second-order valence-corrected chi connectivity index (χ2v) is 5.27. The zero-order chi connectivity index (χ0) is 14.6. The molecule has 0 saturated carbocycles. The van der Waals surface area contributed by atoms with Crippen molar-refractivity contribution in [3.63, 3.8) is 0 Å². The van der Waals surface area contributed by atoms with Gasteiger partial charge in [0.05, 0.1) is 12.1 Å². The van der Waals surface area contributed by atoms with Crippen LogP contribution in [0.5, 0.6) is 0 Å². The molecule has 0 aliphatic rings. The van der Waals surface area contributed by atoms with E-state index in [0.29, 0.717) is 5.69 Å². The van der Waals surface area contributed by atoms with E-state index in [2.05, 4.69) is 10.6 Å². The maximum absolute atomic E-state index is 11.8. The number of benzene rings is 1. The molecule has 5 heteroatoms. The van der Waals surface area contributed by atoms with Gasteiger partial charge in [0.2, 0.25) is 0 Å². The summed E-state index contributed by atoms with van der Waals surface area (Å²) < 4.78 is 0. The molecule has 0 heterocycles. The number of nitrogens with one attached hydrogen (secondary N) is 2. The van der Waals surface area contributed by atoms with Crippen molar-refractivity contribution >= 4 is 17.5 Å². The van der Waals surface area contributed by atoms with E-state index in [9.17, 15) is 9.59 Å². The minimum atomic E-state index is -0.823. The molecule has 0 aliphatic carbocycles. The van der Waals surface area contributed by atoms with Gasteiger partial charge in [0.1, 0.15) is 0 Å². The molecule has 2 amide bonds. The summed E-state index contributed by atoms with van der Waals surface area (Å²) in [5, 5.41) is 14.1. The highest BCUT2D eigenvalue weighted by Crippen LogP contribution is 2.16. The fourth-order valence-corrected chi connectivity index (χ4v) is 1.45. The number of amides is 2. The molecule has 0 atom stereocenters. The zero-order valence-electron chi connectivity index (χ0n) is 11.7. The minimum Gasteiger partial charge on any atom is -0.394 e. The lowest BCUT2D eigenvalue weighted by Crippen LogP contribution is -2.50. The van der Waals surface area contributed by atoms with Crippen molar-refractivity contribution in [2.24, 2.45) is 0 Å². The Morgan fingerprint density at radius 1 is 1.21 bits per heavy atom. The SMILES string of the molecule is Cc1ccc(C)c(NC(=O)C(=O)NC(C)(C)CO)c1. The number of anilines is 1. The molecular weight excluding hydrogens is 244 g/mol. The van der Waals surface area contributed by atoms with Gasteiger partial charge in [-0.3, -0.25) is 9.59 Å². The van der Waals surface area contributed by atoms with Crippen LogP contribution < -0.4 is 10.6 Å². The van der Waals surface area contributed by atoms with Gasteiger partial charge in [-0.25, -0.2) is 0 Å². The second-order valence-electron chi connectivity index (χ2n) is 5.27. The van der Waals surface area contributed by atoms with Gasteiger partial charge in [0, 0.05) is 5.69 Å². The van der Waals surface area contributed by atoms with Crippen LogP contribution in [0.4, 0.5) is 5.69 Å². The fraction of sp³-hybridized carbons (Fsp3) is 0.429. The van der Waals surface area contributed by atoms with Crippen molar-refractivity contribution in [2.45, 2.75) is 33.2 Å². The molecule has 3 N–H and O–H groups in total. The predicted octanol–water partition coefficient (Wildman–Crippen LogP) is 1.13. The van der Waals surface area contributed by atoms with E-state index in [0.717, 1.165) is 11.1 Å². The Morgan fingerprint density at radius 2 is 1.84 bits per heavy atom. The second kappa shape index (κ2) is 5.84. The van der Waals surface area contributed by atoms with Crippen molar-refractivity contribution in [1.29, 1.82) is 0 Å². The molecule has 1 aromatic carbocycles. The number of hydrogen-bond donors (Lipinski definition) is 3. The number of aliphatic hydroxyl groups excluding tert-OH is 1.